The first-order valence-corrected chi connectivity index (χ1v) is 10.5. The standard InChI is InChI=1S/C24H26FN3O2/c1-17-11-13-24(14-12-17)27-22(19-5-3-2-4-6-19)23(30)28(24)16-21(29)26-15-18-7-9-20(25)10-8-18/h2-10,17H,11-16H2,1H3,(H,26,29). The predicted molar refractivity (Wildman–Crippen MR) is 113 cm³/mol. The highest BCUT2D eigenvalue weighted by molar-refractivity contribution is 6.47. The molecule has 1 heterocycles. The SMILES string of the molecule is CC1CCC2(CC1)N=C(c1ccccc1)C(=O)N2CC(=O)NCc1ccc(F)cc1. The molecule has 30 heavy (non-hydrogen) atoms. The fraction of sp³-hybridized carbons (Fsp3) is 0.375. The zero-order chi connectivity index (χ0) is 21.1. The van der Waals surface area contributed by atoms with Gasteiger partial charge in [-0.25, -0.2) is 4.39 Å². The molecule has 1 spiro atoms. The van der Waals surface area contributed by atoms with E-state index in [1.807, 2.05) is 30.3 Å². The summed E-state index contributed by atoms with van der Waals surface area (Å²) in [5, 5.41) is 2.85. The van der Waals surface area contributed by atoms with Gasteiger partial charge in [0.15, 0.2) is 0 Å². The van der Waals surface area contributed by atoms with Gasteiger partial charge >= 0.3 is 0 Å². The highest BCUT2D eigenvalue weighted by Crippen LogP contribution is 2.41. The number of hydrogen-bond donors (Lipinski definition) is 1. The van der Waals surface area contributed by atoms with Gasteiger partial charge in [0.1, 0.15) is 23.7 Å². The average Bonchev–Trinajstić information content (AvgIpc) is 3.02. The van der Waals surface area contributed by atoms with Crippen LogP contribution in [0.4, 0.5) is 4.39 Å². The molecule has 0 aromatic heterocycles. The largest absolute Gasteiger partial charge is 0.350 e. The second kappa shape index (κ2) is 8.38. The van der Waals surface area contributed by atoms with Crippen LogP contribution in [0.1, 0.15) is 43.7 Å². The van der Waals surface area contributed by atoms with E-state index in [-0.39, 0.29) is 30.7 Å². The second-order valence-corrected chi connectivity index (χ2v) is 8.29. The van der Waals surface area contributed by atoms with Gasteiger partial charge in [-0.1, -0.05) is 49.4 Å². The third-order valence-corrected chi connectivity index (χ3v) is 6.10. The number of hydrogen-bond acceptors (Lipinski definition) is 3. The van der Waals surface area contributed by atoms with Gasteiger partial charge in [-0.3, -0.25) is 14.6 Å². The highest BCUT2D eigenvalue weighted by atomic mass is 19.1. The first kappa shape index (κ1) is 20.3. The number of benzene rings is 2. The molecule has 1 saturated carbocycles. The van der Waals surface area contributed by atoms with Gasteiger partial charge in [0.2, 0.25) is 5.91 Å². The third-order valence-electron chi connectivity index (χ3n) is 6.10. The molecule has 5 nitrogen and oxygen atoms in total. The van der Waals surface area contributed by atoms with Gasteiger partial charge in [0.05, 0.1) is 0 Å². The zero-order valence-corrected chi connectivity index (χ0v) is 17.1. The Hall–Kier alpha value is -3.02. The molecule has 0 atom stereocenters. The molecule has 0 unspecified atom stereocenters. The molecule has 6 heteroatoms. The molecule has 1 fully saturated rings. The quantitative estimate of drug-likeness (QED) is 0.822. The van der Waals surface area contributed by atoms with Crippen LogP contribution in [0.5, 0.6) is 0 Å². The number of carbonyl (C=O) groups is 2. The second-order valence-electron chi connectivity index (χ2n) is 8.29. The van der Waals surface area contributed by atoms with Gasteiger partial charge in [-0.05, 0) is 49.3 Å². The molecule has 2 aliphatic rings. The van der Waals surface area contributed by atoms with Gasteiger partial charge in [0, 0.05) is 12.1 Å². The molecule has 0 bridgehead atoms. The van der Waals surface area contributed by atoms with E-state index >= 15 is 0 Å². The molecule has 2 aromatic carbocycles. The molecule has 156 valence electrons. The minimum atomic E-state index is -0.637. The topological polar surface area (TPSA) is 61.8 Å². The number of amides is 2. The van der Waals surface area contributed by atoms with Crippen LogP contribution in [0.3, 0.4) is 0 Å². The fourth-order valence-corrected chi connectivity index (χ4v) is 4.24. The molecular formula is C24H26FN3O2. The number of nitrogens with zero attached hydrogens (tertiary/aromatic N) is 2. The Morgan fingerprint density at radius 1 is 1.13 bits per heavy atom. The van der Waals surface area contributed by atoms with Crippen molar-refractivity contribution in [3.8, 4) is 0 Å². The Labute approximate surface area is 176 Å². The van der Waals surface area contributed by atoms with E-state index in [1.165, 1.54) is 12.1 Å². The Morgan fingerprint density at radius 2 is 1.80 bits per heavy atom. The van der Waals surface area contributed by atoms with Crippen molar-refractivity contribution in [3.63, 3.8) is 0 Å². The molecule has 2 amide bonds. The Morgan fingerprint density at radius 3 is 2.47 bits per heavy atom. The summed E-state index contributed by atoms with van der Waals surface area (Å²) in [6.45, 7) is 2.47. The molecular weight excluding hydrogens is 381 g/mol. The maximum Gasteiger partial charge on any atom is 0.275 e. The molecule has 1 aliphatic heterocycles. The minimum Gasteiger partial charge on any atom is -0.350 e. The summed E-state index contributed by atoms with van der Waals surface area (Å²) in [6, 6.07) is 15.4. The average molecular weight is 407 g/mol. The lowest BCUT2D eigenvalue weighted by molar-refractivity contribution is -0.136. The zero-order valence-electron chi connectivity index (χ0n) is 17.1. The van der Waals surface area contributed by atoms with E-state index in [4.69, 9.17) is 4.99 Å². The molecule has 1 aliphatic carbocycles. The van der Waals surface area contributed by atoms with E-state index in [1.54, 1.807) is 17.0 Å². The van der Waals surface area contributed by atoms with Crippen molar-refractivity contribution in [2.45, 2.75) is 44.8 Å². The van der Waals surface area contributed by atoms with Crippen LogP contribution in [-0.4, -0.2) is 34.6 Å². The van der Waals surface area contributed by atoms with Crippen LogP contribution >= 0.6 is 0 Å². The fourth-order valence-electron chi connectivity index (χ4n) is 4.24. The van der Waals surface area contributed by atoms with Crippen LogP contribution in [0, 0.1) is 11.7 Å². The van der Waals surface area contributed by atoms with Crippen molar-refractivity contribution in [2.75, 3.05) is 6.54 Å². The Bertz CT molecular complexity index is 948. The van der Waals surface area contributed by atoms with Crippen LogP contribution < -0.4 is 5.32 Å². The maximum absolute atomic E-state index is 13.3. The van der Waals surface area contributed by atoms with E-state index in [0.717, 1.165) is 36.8 Å². The summed E-state index contributed by atoms with van der Waals surface area (Å²) < 4.78 is 13.1. The van der Waals surface area contributed by atoms with Crippen LogP contribution in [0.15, 0.2) is 59.6 Å². The van der Waals surface area contributed by atoms with Crippen molar-refractivity contribution in [3.05, 3.63) is 71.5 Å². The van der Waals surface area contributed by atoms with Crippen molar-refractivity contribution in [1.82, 2.24) is 10.2 Å². The summed E-state index contributed by atoms with van der Waals surface area (Å²) in [5.74, 6) is -0.148. The number of rotatable bonds is 5. The van der Waals surface area contributed by atoms with Crippen molar-refractivity contribution in [1.29, 1.82) is 0 Å². The number of carbonyl (C=O) groups excluding carboxylic acids is 2. The molecule has 0 saturated heterocycles. The minimum absolute atomic E-state index is 0.0335. The Kier molecular flexibility index (Phi) is 5.66. The van der Waals surface area contributed by atoms with Crippen LogP contribution in [0.25, 0.3) is 0 Å². The van der Waals surface area contributed by atoms with E-state index < -0.39 is 5.66 Å². The first-order valence-electron chi connectivity index (χ1n) is 10.5. The summed E-state index contributed by atoms with van der Waals surface area (Å²) in [5.41, 5.74) is 1.40. The number of nitrogens with one attached hydrogen (secondary N) is 1. The lowest BCUT2D eigenvalue weighted by Gasteiger charge is -2.40. The highest BCUT2D eigenvalue weighted by Gasteiger charge is 2.49. The Balaban J connectivity index is 1.51. The monoisotopic (exact) mass is 407 g/mol. The molecule has 1 N–H and O–H groups in total. The summed E-state index contributed by atoms with van der Waals surface area (Å²) in [6.07, 6.45) is 3.49. The lowest BCUT2D eigenvalue weighted by atomic mass is 9.82. The van der Waals surface area contributed by atoms with Gasteiger partial charge in [0.25, 0.3) is 5.91 Å². The van der Waals surface area contributed by atoms with Crippen LogP contribution in [-0.2, 0) is 16.1 Å². The summed E-state index contributed by atoms with van der Waals surface area (Å²) in [4.78, 5) is 32.5. The number of aliphatic imine (C=N–C) groups is 1. The van der Waals surface area contributed by atoms with Crippen LogP contribution in [0.2, 0.25) is 0 Å². The predicted octanol–water partition coefficient (Wildman–Crippen LogP) is 3.68. The normalized spacial score (nSPS) is 23.5. The van der Waals surface area contributed by atoms with E-state index in [0.29, 0.717) is 11.6 Å². The van der Waals surface area contributed by atoms with E-state index in [2.05, 4.69) is 12.2 Å². The molecule has 0 radical (unpaired) electrons. The van der Waals surface area contributed by atoms with Gasteiger partial charge in [-0.15, -0.1) is 0 Å². The van der Waals surface area contributed by atoms with Crippen molar-refractivity contribution >= 4 is 17.5 Å². The lowest BCUT2D eigenvalue weighted by Crippen LogP contribution is -2.52. The smallest absolute Gasteiger partial charge is 0.275 e. The van der Waals surface area contributed by atoms with E-state index in [9.17, 15) is 14.0 Å². The van der Waals surface area contributed by atoms with Crippen molar-refractivity contribution in [2.24, 2.45) is 10.9 Å². The van der Waals surface area contributed by atoms with Crippen molar-refractivity contribution < 1.29 is 14.0 Å². The molecule has 2 aromatic rings. The van der Waals surface area contributed by atoms with Gasteiger partial charge in [-0.2, -0.15) is 0 Å². The third kappa shape index (κ3) is 4.13. The van der Waals surface area contributed by atoms with Gasteiger partial charge < -0.3 is 10.2 Å². The summed E-state index contributed by atoms with van der Waals surface area (Å²) in [7, 11) is 0. The number of halogens is 1. The molecule has 4 rings (SSSR count). The first-order chi connectivity index (χ1) is 14.5. The summed E-state index contributed by atoms with van der Waals surface area (Å²) >= 11 is 0. The maximum atomic E-state index is 13.3.